The molecule has 0 fully saturated rings. The molecule has 0 radical (unpaired) electrons. The number of carbonyl (C=O) groups is 1. The Bertz CT molecular complexity index is 1060. The largest absolute Gasteiger partial charge is 0.476 e. The van der Waals surface area contributed by atoms with Gasteiger partial charge in [-0.2, -0.15) is 0 Å². The van der Waals surface area contributed by atoms with Crippen molar-refractivity contribution in [1.29, 1.82) is 0 Å². The Hall–Kier alpha value is -2.90. The average Bonchev–Trinajstić information content (AvgIpc) is 3.04. The van der Waals surface area contributed by atoms with Crippen LogP contribution in [0.15, 0.2) is 58.8 Å². The number of hydrogen-bond acceptors (Lipinski definition) is 6. The van der Waals surface area contributed by atoms with Crippen LogP contribution < -0.4 is 0 Å². The Kier molecular flexibility index (Phi) is 6.28. The second kappa shape index (κ2) is 8.86. The standard InChI is InChI=1S/C20H17ClN2O4S/c1-12(13-7-9-14(21)10-8-13)22-27-11-16-15-5-3-4-6-17(15)28-19(16)18(20(24)25)23-26-2/h3-10H,11H2,1-2H3,(H,24,25). The number of hydrogen-bond donors (Lipinski definition) is 1. The lowest BCUT2D eigenvalue weighted by molar-refractivity contribution is -0.129. The fourth-order valence-electron chi connectivity index (χ4n) is 2.64. The highest BCUT2D eigenvalue weighted by molar-refractivity contribution is 7.21. The fourth-order valence-corrected chi connectivity index (χ4v) is 3.95. The van der Waals surface area contributed by atoms with Crippen LogP contribution in [0.4, 0.5) is 0 Å². The molecule has 0 unspecified atom stereocenters. The van der Waals surface area contributed by atoms with Gasteiger partial charge in [0.15, 0.2) is 0 Å². The van der Waals surface area contributed by atoms with Gasteiger partial charge in [-0.25, -0.2) is 4.79 Å². The zero-order valence-electron chi connectivity index (χ0n) is 15.2. The molecule has 0 aliphatic carbocycles. The highest BCUT2D eigenvalue weighted by atomic mass is 35.5. The number of carboxylic acids is 1. The van der Waals surface area contributed by atoms with E-state index in [1.54, 1.807) is 12.1 Å². The maximum atomic E-state index is 11.6. The summed E-state index contributed by atoms with van der Waals surface area (Å²) in [6, 6.07) is 14.9. The number of halogens is 1. The fraction of sp³-hybridized carbons (Fsp3) is 0.150. The summed E-state index contributed by atoms with van der Waals surface area (Å²) in [6.45, 7) is 1.92. The molecule has 3 aromatic rings. The van der Waals surface area contributed by atoms with Gasteiger partial charge in [-0.1, -0.05) is 52.2 Å². The van der Waals surface area contributed by atoms with E-state index in [0.29, 0.717) is 21.2 Å². The van der Waals surface area contributed by atoms with Crippen molar-refractivity contribution >= 4 is 50.4 Å². The minimum absolute atomic E-state index is 0.0975. The summed E-state index contributed by atoms with van der Waals surface area (Å²) in [6.07, 6.45) is 0. The Labute approximate surface area is 170 Å². The molecule has 0 amide bonds. The predicted molar refractivity (Wildman–Crippen MR) is 111 cm³/mol. The Morgan fingerprint density at radius 2 is 1.86 bits per heavy atom. The SMILES string of the molecule is CON=C(C(=O)O)c1sc2ccccc2c1CON=C(C)c1ccc(Cl)cc1. The molecule has 3 rings (SSSR count). The van der Waals surface area contributed by atoms with Gasteiger partial charge in [0, 0.05) is 15.3 Å². The number of rotatable bonds is 7. The van der Waals surface area contributed by atoms with Gasteiger partial charge < -0.3 is 14.8 Å². The molecule has 6 nitrogen and oxygen atoms in total. The molecule has 8 heteroatoms. The van der Waals surface area contributed by atoms with Gasteiger partial charge in [-0.15, -0.1) is 11.3 Å². The summed E-state index contributed by atoms with van der Waals surface area (Å²) in [7, 11) is 1.31. The normalized spacial score (nSPS) is 12.2. The number of oxime groups is 2. The first-order chi connectivity index (χ1) is 13.5. The van der Waals surface area contributed by atoms with Gasteiger partial charge in [-0.05, 0) is 36.1 Å². The van der Waals surface area contributed by atoms with Crippen LogP contribution in [0.5, 0.6) is 0 Å². The highest BCUT2D eigenvalue weighted by Crippen LogP contribution is 2.32. The third-order valence-electron chi connectivity index (χ3n) is 3.97. The first-order valence-corrected chi connectivity index (χ1v) is 9.48. The van der Waals surface area contributed by atoms with Gasteiger partial charge in [0.05, 0.1) is 10.6 Å². The van der Waals surface area contributed by atoms with E-state index >= 15 is 0 Å². The van der Waals surface area contributed by atoms with Crippen LogP contribution >= 0.6 is 22.9 Å². The monoisotopic (exact) mass is 416 g/mol. The van der Waals surface area contributed by atoms with E-state index in [4.69, 9.17) is 21.3 Å². The van der Waals surface area contributed by atoms with Crippen molar-refractivity contribution in [2.24, 2.45) is 10.3 Å². The lowest BCUT2D eigenvalue weighted by atomic mass is 10.1. The van der Waals surface area contributed by atoms with Crippen LogP contribution in [0.1, 0.15) is 22.9 Å². The molecule has 0 aliphatic heterocycles. The van der Waals surface area contributed by atoms with Crippen molar-refractivity contribution < 1.29 is 19.6 Å². The van der Waals surface area contributed by atoms with Crippen molar-refractivity contribution in [3.05, 3.63) is 69.6 Å². The van der Waals surface area contributed by atoms with Crippen LogP contribution in [-0.2, 0) is 21.1 Å². The number of benzene rings is 2. The molecule has 1 N–H and O–H groups in total. The molecule has 2 aromatic carbocycles. The van der Waals surface area contributed by atoms with E-state index in [-0.39, 0.29) is 12.3 Å². The lowest BCUT2D eigenvalue weighted by Crippen LogP contribution is -2.15. The van der Waals surface area contributed by atoms with Crippen LogP contribution in [0, 0.1) is 0 Å². The first-order valence-electron chi connectivity index (χ1n) is 8.29. The van der Waals surface area contributed by atoms with Crippen molar-refractivity contribution in [3.63, 3.8) is 0 Å². The minimum Gasteiger partial charge on any atom is -0.476 e. The predicted octanol–water partition coefficient (Wildman–Crippen LogP) is 4.93. The van der Waals surface area contributed by atoms with Crippen LogP contribution in [-0.4, -0.2) is 29.6 Å². The van der Waals surface area contributed by atoms with Gasteiger partial charge in [-0.3, -0.25) is 0 Å². The van der Waals surface area contributed by atoms with Crippen molar-refractivity contribution in [2.75, 3.05) is 7.11 Å². The van der Waals surface area contributed by atoms with E-state index in [2.05, 4.69) is 10.3 Å². The van der Waals surface area contributed by atoms with Crippen LogP contribution in [0.25, 0.3) is 10.1 Å². The molecule has 1 heterocycles. The zero-order valence-corrected chi connectivity index (χ0v) is 16.8. The molecule has 28 heavy (non-hydrogen) atoms. The minimum atomic E-state index is -1.17. The van der Waals surface area contributed by atoms with Crippen LogP contribution in [0.2, 0.25) is 5.02 Å². The number of fused-ring (bicyclic) bond motifs is 1. The number of carboxylic acid groups (broad SMARTS) is 1. The smallest absolute Gasteiger partial charge is 0.359 e. The van der Waals surface area contributed by atoms with E-state index in [9.17, 15) is 9.90 Å². The van der Waals surface area contributed by atoms with Gasteiger partial charge in [0.25, 0.3) is 0 Å². The molecule has 144 valence electrons. The third-order valence-corrected chi connectivity index (χ3v) is 5.44. The van der Waals surface area contributed by atoms with Gasteiger partial charge in [0.2, 0.25) is 5.71 Å². The zero-order chi connectivity index (χ0) is 20.1. The van der Waals surface area contributed by atoms with E-state index in [0.717, 1.165) is 15.6 Å². The van der Waals surface area contributed by atoms with Crippen molar-refractivity contribution in [3.8, 4) is 0 Å². The van der Waals surface area contributed by atoms with E-state index in [1.807, 2.05) is 43.3 Å². The highest BCUT2D eigenvalue weighted by Gasteiger charge is 2.23. The number of nitrogens with zero attached hydrogens (tertiary/aromatic N) is 2. The topological polar surface area (TPSA) is 80.5 Å². The maximum absolute atomic E-state index is 11.6. The molecule has 0 bridgehead atoms. The van der Waals surface area contributed by atoms with Crippen molar-refractivity contribution in [2.45, 2.75) is 13.5 Å². The summed E-state index contributed by atoms with van der Waals surface area (Å²) in [5.74, 6) is -1.17. The summed E-state index contributed by atoms with van der Waals surface area (Å²) in [5, 5.41) is 18.9. The first kappa shape index (κ1) is 19.9. The summed E-state index contributed by atoms with van der Waals surface area (Å²) in [4.78, 5) is 22.4. The Morgan fingerprint density at radius 1 is 1.14 bits per heavy atom. The number of aliphatic carboxylic acids is 1. The Balaban J connectivity index is 1.92. The maximum Gasteiger partial charge on any atom is 0.359 e. The second-order valence-corrected chi connectivity index (χ2v) is 7.28. The van der Waals surface area contributed by atoms with Gasteiger partial charge in [0.1, 0.15) is 13.7 Å². The van der Waals surface area contributed by atoms with E-state index in [1.165, 1.54) is 18.4 Å². The summed E-state index contributed by atoms with van der Waals surface area (Å²) in [5.41, 5.74) is 2.10. The quantitative estimate of drug-likeness (QED) is 0.437. The second-order valence-electron chi connectivity index (χ2n) is 5.79. The van der Waals surface area contributed by atoms with Gasteiger partial charge >= 0.3 is 5.97 Å². The molecular weight excluding hydrogens is 400 g/mol. The molecule has 0 atom stereocenters. The summed E-state index contributed by atoms with van der Waals surface area (Å²) >= 11 is 7.23. The molecule has 0 saturated heterocycles. The molecule has 0 aliphatic rings. The van der Waals surface area contributed by atoms with Crippen LogP contribution in [0.3, 0.4) is 0 Å². The number of thiophene rings is 1. The molecular formula is C20H17ClN2O4S. The molecule has 0 spiro atoms. The lowest BCUT2D eigenvalue weighted by Gasteiger charge is -2.05. The molecule has 0 saturated carbocycles. The van der Waals surface area contributed by atoms with E-state index < -0.39 is 5.97 Å². The summed E-state index contributed by atoms with van der Waals surface area (Å²) < 4.78 is 0.930. The molecule has 1 aromatic heterocycles. The third kappa shape index (κ3) is 4.32. The average molecular weight is 417 g/mol. The van der Waals surface area contributed by atoms with Crippen molar-refractivity contribution in [1.82, 2.24) is 0 Å². The Morgan fingerprint density at radius 3 is 2.54 bits per heavy atom.